The Kier molecular flexibility index (Phi) is 3.99. The SMILES string of the molecule is C[C@@H](O)[C@H]1C(=O)N2C(C(=O)O)=C3[C@@H](CNc4nncs4)CCC[C@@H]3[C@H]12. The van der Waals surface area contributed by atoms with E-state index in [1.54, 1.807) is 12.4 Å². The number of nitrogens with zero attached hydrogens (tertiary/aromatic N) is 3. The molecule has 0 aromatic carbocycles. The minimum absolute atomic E-state index is 0.0263. The standard InChI is InChI=1S/C16H20N4O4S/c1-7(21)10-12-9-4-2-3-8(5-17-16-19-18-6-25-16)11(9)13(15(23)24)20(12)14(10)22/h6-10,12,21H,2-5H2,1H3,(H,17,19)(H,23,24)/t7-,8-,9+,10-,12-/m1/s1. The van der Waals surface area contributed by atoms with Crippen LogP contribution in [-0.4, -0.2) is 55.9 Å². The molecule has 0 spiro atoms. The molecule has 2 aliphatic heterocycles. The van der Waals surface area contributed by atoms with E-state index in [2.05, 4.69) is 15.5 Å². The van der Waals surface area contributed by atoms with Gasteiger partial charge in [-0.05, 0) is 25.3 Å². The molecule has 25 heavy (non-hydrogen) atoms. The van der Waals surface area contributed by atoms with Gasteiger partial charge in [-0.15, -0.1) is 10.2 Å². The van der Waals surface area contributed by atoms with Crippen molar-refractivity contribution in [3.8, 4) is 0 Å². The zero-order valence-electron chi connectivity index (χ0n) is 13.8. The number of carboxylic acids is 1. The first-order valence-electron chi connectivity index (χ1n) is 8.49. The lowest BCUT2D eigenvalue weighted by molar-refractivity contribution is -0.163. The lowest BCUT2D eigenvalue weighted by Gasteiger charge is -2.47. The molecule has 3 aliphatic rings. The van der Waals surface area contributed by atoms with Crippen molar-refractivity contribution in [1.82, 2.24) is 15.1 Å². The van der Waals surface area contributed by atoms with E-state index in [4.69, 9.17) is 0 Å². The van der Waals surface area contributed by atoms with E-state index in [-0.39, 0.29) is 29.5 Å². The van der Waals surface area contributed by atoms with Crippen LogP contribution in [0, 0.1) is 17.8 Å². The number of aromatic nitrogens is 2. The summed E-state index contributed by atoms with van der Waals surface area (Å²) in [5.41, 5.74) is 2.64. The monoisotopic (exact) mass is 364 g/mol. The predicted octanol–water partition coefficient (Wildman–Crippen LogP) is 0.926. The molecule has 1 aromatic heterocycles. The van der Waals surface area contributed by atoms with Gasteiger partial charge in [0.1, 0.15) is 11.2 Å². The minimum Gasteiger partial charge on any atom is -0.477 e. The van der Waals surface area contributed by atoms with Crippen molar-refractivity contribution in [2.75, 3.05) is 11.9 Å². The van der Waals surface area contributed by atoms with Crippen LogP contribution in [0.15, 0.2) is 16.8 Å². The van der Waals surface area contributed by atoms with Gasteiger partial charge in [-0.3, -0.25) is 4.79 Å². The smallest absolute Gasteiger partial charge is 0.352 e. The number of carboxylic acid groups (broad SMARTS) is 1. The van der Waals surface area contributed by atoms with E-state index in [0.29, 0.717) is 11.7 Å². The van der Waals surface area contributed by atoms with E-state index < -0.39 is 18.0 Å². The van der Waals surface area contributed by atoms with Crippen molar-refractivity contribution in [3.05, 3.63) is 16.8 Å². The number of aliphatic carboxylic acids is 1. The molecule has 3 N–H and O–H groups in total. The van der Waals surface area contributed by atoms with Gasteiger partial charge in [0, 0.05) is 18.4 Å². The molecule has 4 rings (SSSR count). The Morgan fingerprint density at radius 3 is 2.96 bits per heavy atom. The largest absolute Gasteiger partial charge is 0.477 e. The van der Waals surface area contributed by atoms with Crippen LogP contribution in [0.25, 0.3) is 0 Å². The molecule has 0 bridgehead atoms. The van der Waals surface area contributed by atoms with Gasteiger partial charge in [-0.25, -0.2) is 4.79 Å². The Hall–Kier alpha value is -2.00. The Morgan fingerprint density at radius 2 is 2.32 bits per heavy atom. The van der Waals surface area contributed by atoms with Crippen LogP contribution in [-0.2, 0) is 9.59 Å². The summed E-state index contributed by atoms with van der Waals surface area (Å²) >= 11 is 1.40. The highest BCUT2D eigenvalue weighted by Gasteiger charge is 2.62. The van der Waals surface area contributed by atoms with Crippen molar-refractivity contribution in [1.29, 1.82) is 0 Å². The quantitative estimate of drug-likeness (QED) is 0.666. The maximum atomic E-state index is 12.4. The lowest BCUT2D eigenvalue weighted by Crippen LogP contribution is -2.64. The molecule has 5 atom stereocenters. The first kappa shape index (κ1) is 16.5. The summed E-state index contributed by atoms with van der Waals surface area (Å²) in [7, 11) is 0. The Balaban J connectivity index is 1.64. The van der Waals surface area contributed by atoms with Crippen LogP contribution in [0.4, 0.5) is 5.13 Å². The third kappa shape index (κ3) is 2.44. The summed E-state index contributed by atoms with van der Waals surface area (Å²) in [6.07, 6.45) is 1.96. The maximum absolute atomic E-state index is 12.4. The number of nitrogens with one attached hydrogen (secondary N) is 1. The number of hydrogen-bond acceptors (Lipinski definition) is 7. The molecule has 9 heteroatoms. The molecule has 1 saturated carbocycles. The van der Waals surface area contributed by atoms with Crippen molar-refractivity contribution in [2.24, 2.45) is 17.8 Å². The first-order valence-corrected chi connectivity index (χ1v) is 9.37. The van der Waals surface area contributed by atoms with Gasteiger partial charge in [0.25, 0.3) is 0 Å². The number of β-lactam (4-membered cyclic amide) rings is 1. The zero-order valence-corrected chi connectivity index (χ0v) is 14.6. The van der Waals surface area contributed by atoms with Crippen LogP contribution >= 0.6 is 11.3 Å². The average Bonchev–Trinajstić information content (AvgIpc) is 3.17. The third-order valence-electron chi connectivity index (χ3n) is 5.60. The molecule has 2 fully saturated rings. The second-order valence-electron chi connectivity index (χ2n) is 6.93. The van der Waals surface area contributed by atoms with E-state index in [9.17, 15) is 19.8 Å². The first-order chi connectivity index (χ1) is 12.0. The predicted molar refractivity (Wildman–Crippen MR) is 89.7 cm³/mol. The molecule has 1 aliphatic carbocycles. The van der Waals surface area contributed by atoms with Crippen molar-refractivity contribution < 1.29 is 19.8 Å². The van der Waals surface area contributed by atoms with Crippen molar-refractivity contribution >= 4 is 28.3 Å². The highest BCUT2D eigenvalue weighted by molar-refractivity contribution is 7.13. The normalized spacial score (nSPS) is 32.1. The molecule has 1 saturated heterocycles. The van der Waals surface area contributed by atoms with E-state index in [1.807, 2.05) is 0 Å². The molecule has 134 valence electrons. The van der Waals surface area contributed by atoms with Gasteiger partial charge < -0.3 is 20.4 Å². The number of amides is 1. The number of aliphatic hydroxyl groups excluding tert-OH is 1. The summed E-state index contributed by atoms with van der Waals surface area (Å²) in [6.45, 7) is 2.18. The number of fused-ring (bicyclic) bond motifs is 3. The van der Waals surface area contributed by atoms with Gasteiger partial charge in [0.2, 0.25) is 11.0 Å². The maximum Gasteiger partial charge on any atom is 0.352 e. The number of hydrogen-bond donors (Lipinski definition) is 3. The summed E-state index contributed by atoms with van der Waals surface area (Å²) in [5.74, 6) is -1.75. The van der Waals surface area contributed by atoms with Crippen LogP contribution in [0.2, 0.25) is 0 Å². The summed E-state index contributed by atoms with van der Waals surface area (Å²) < 4.78 is 0. The molecular weight excluding hydrogens is 344 g/mol. The fourth-order valence-corrected chi connectivity index (χ4v) is 5.13. The molecular formula is C16H20N4O4S. The van der Waals surface area contributed by atoms with Gasteiger partial charge in [0.05, 0.1) is 18.1 Å². The Bertz CT molecular complexity index is 733. The van der Waals surface area contributed by atoms with Crippen molar-refractivity contribution in [3.63, 3.8) is 0 Å². The Morgan fingerprint density at radius 1 is 1.52 bits per heavy atom. The zero-order chi connectivity index (χ0) is 17.7. The minimum atomic E-state index is -1.05. The number of aliphatic hydroxyl groups is 1. The lowest BCUT2D eigenvalue weighted by atomic mass is 9.69. The summed E-state index contributed by atoms with van der Waals surface area (Å²) in [6, 6.07) is -0.210. The van der Waals surface area contributed by atoms with Gasteiger partial charge in [-0.1, -0.05) is 17.8 Å². The molecule has 3 heterocycles. The fourth-order valence-electron chi connectivity index (χ4n) is 4.67. The number of carbonyl (C=O) groups is 2. The summed E-state index contributed by atoms with van der Waals surface area (Å²) in [4.78, 5) is 25.7. The number of rotatable bonds is 5. The van der Waals surface area contributed by atoms with Crippen LogP contribution in [0.1, 0.15) is 26.2 Å². The van der Waals surface area contributed by atoms with E-state index in [1.165, 1.54) is 16.2 Å². The molecule has 0 radical (unpaired) electrons. The molecule has 1 aromatic rings. The van der Waals surface area contributed by atoms with Crippen LogP contribution < -0.4 is 5.32 Å². The van der Waals surface area contributed by atoms with Gasteiger partial charge >= 0.3 is 5.97 Å². The van der Waals surface area contributed by atoms with E-state index >= 15 is 0 Å². The molecule has 0 unspecified atom stereocenters. The average molecular weight is 364 g/mol. The van der Waals surface area contributed by atoms with Gasteiger partial charge in [0.15, 0.2) is 0 Å². The highest BCUT2D eigenvalue weighted by Crippen LogP contribution is 2.53. The highest BCUT2D eigenvalue weighted by atomic mass is 32.1. The topological polar surface area (TPSA) is 116 Å². The summed E-state index contributed by atoms with van der Waals surface area (Å²) in [5, 5.41) is 31.4. The van der Waals surface area contributed by atoms with E-state index in [0.717, 1.165) is 24.8 Å². The van der Waals surface area contributed by atoms with Crippen molar-refractivity contribution in [2.45, 2.75) is 38.3 Å². The third-order valence-corrected chi connectivity index (χ3v) is 6.25. The van der Waals surface area contributed by atoms with Gasteiger partial charge in [-0.2, -0.15) is 0 Å². The fraction of sp³-hybridized carbons (Fsp3) is 0.625. The second kappa shape index (κ2) is 6.06. The molecule has 1 amide bonds. The molecule has 8 nitrogen and oxygen atoms in total. The Labute approximate surface area is 148 Å². The second-order valence-corrected chi connectivity index (χ2v) is 7.77. The number of carbonyl (C=O) groups excluding carboxylic acids is 1. The number of anilines is 1. The van der Waals surface area contributed by atoms with Crippen LogP contribution in [0.3, 0.4) is 0 Å². The van der Waals surface area contributed by atoms with Crippen LogP contribution in [0.5, 0.6) is 0 Å².